The van der Waals surface area contributed by atoms with Gasteiger partial charge in [-0.2, -0.15) is 18.3 Å². The summed E-state index contributed by atoms with van der Waals surface area (Å²) in [6.45, 7) is 2.83. The van der Waals surface area contributed by atoms with Crippen LogP contribution in [-0.2, 0) is 17.5 Å². The Morgan fingerprint density at radius 2 is 1.82 bits per heavy atom. The van der Waals surface area contributed by atoms with Crippen molar-refractivity contribution >= 4 is 11.6 Å². The fourth-order valence-corrected chi connectivity index (χ4v) is 3.35. The van der Waals surface area contributed by atoms with Gasteiger partial charge >= 0.3 is 12.1 Å². The second-order valence-corrected chi connectivity index (χ2v) is 7.51. The lowest BCUT2D eigenvalue weighted by Crippen LogP contribution is -2.25. The van der Waals surface area contributed by atoms with Gasteiger partial charge in [0.1, 0.15) is 12.3 Å². The van der Waals surface area contributed by atoms with Gasteiger partial charge < -0.3 is 4.74 Å². The molecule has 8 nitrogen and oxygen atoms in total. The van der Waals surface area contributed by atoms with Crippen LogP contribution >= 0.6 is 0 Å². The van der Waals surface area contributed by atoms with E-state index in [1.54, 1.807) is 25.3 Å². The normalized spacial score (nSPS) is 11.6. The Morgan fingerprint density at radius 3 is 2.56 bits per heavy atom. The summed E-state index contributed by atoms with van der Waals surface area (Å²) < 4.78 is 46.8. The van der Waals surface area contributed by atoms with E-state index in [0.717, 1.165) is 28.4 Å². The van der Waals surface area contributed by atoms with Gasteiger partial charge in [0.05, 0.1) is 16.9 Å². The first kappa shape index (κ1) is 22.9. The van der Waals surface area contributed by atoms with Crippen molar-refractivity contribution in [2.45, 2.75) is 26.6 Å². The van der Waals surface area contributed by atoms with Crippen molar-refractivity contribution in [2.24, 2.45) is 0 Å². The number of pyridine rings is 1. The Kier molecular flexibility index (Phi) is 5.78. The van der Waals surface area contributed by atoms with Gasteiger partial charge in [-0.05, 0) is 43.7 Å². The highest BCUT2D eigenvalue weighted by Crippen LogP contribution is 2.30. The largest absolute Gasteiger partial charge is 0.454 e. The van der Waals surface area contributed by atoms with E-state index in [0.29, 0.717) is 5.65 Å². The Labute approximate surface area is 189 Å². The number of aromatic nitrogens is 4. The SMILES string of the molecule is Cc1cccn2c(=O)cc(COC(=O)c3nn(-c4cccc(C(F)(F)F)c4)c(C)cc3=O)nc12. The first-order chi connectivity index (χ1) is 16.0. The molecule has 0 bridgehead atoms. The maximum absolute atomic E-state index is 13.1. The fraction of sp³-hybridized carbons (Fsp3) is 0.174. The lowest BCUT2D eigenvalue weighted by molar-refractivity contribution is -0.137. The Morgan fingerprint density at radius 1 is 1.06 bits per heavy atom. The first-order valence-electron chi connectivity index (χ1n) is 9.98. The van der Waals surface area contributed by atoms with Gasteiger partial charge in [-0.1, -0.05) is 12.1 Å². The molecular weight excluding hydrogens is 453 g/mol. The number of carbonyl (C=O) groups is 1. The van der Waals surface area contributed by atoms with Gasteiger partial charge in [0.25, 0.3) is 5.56 Å². The third-order valence-corrected chi connectivity index (χ3v) is 5.01. The molecule has 3 aromatic heterocycles. The molecule has 0 aliphatic rings. The molecule has 0 atom stereocenters. The lowest BCUT2D eigenvalue weighted by Gasteiger charge is -2.13. The molecule has 0 radical (unpaired) electrons. The van der Waals surface area contributed by atoms with Crippen molar-refractivity contribution in [1.29, 1.82) is 0 Å². The third-order valence-electron chi connectivity index (χ3n) is 5.01. The second kappa shape index (κ2) is 8.58. The van der Waals surface area contributed by atoms with Crippen LogP contribution in [0.25, 0.3) is 11.3 Å². The van der Waals surface area contributed by atoms with E-state index in [-0.39, 0.29) is 22.6 Å². The van der Waals surface area contributed by atoms with Crippen LogP contribution in [0.1, 0.15) is 33.0 Å². The Bertz CT molecular complexity index is 1540. The predicted octanol–water partition coefficient (Wildman–Crippen LogP) is 3.23. The maximum Gasteiger partial charge on any atom is 0.416 e. The molecule has 11 heteroatoms. The summed E-state index contributed by atoms with van der Waals surface area (Å²) in [7, 11) is 0. The number of halogens is 3. The van der Waals surface area contributed by atoms with E-state index in [4.69, 9.17) is 4.74 Å². The molecule has 0 saturated heterocycles. The summed E-state index contributed by atoms with van der Waals surface area (Å²) in [5, 5.41) is 3.94. The van der Waals surface area contributed by atoms with Crippen LogP contribution in [-0.4, -0.2) is 25.1 Å². The van der Waals surface area contributed by atoms with Gasteiger partial charge in [-0.3, -0.25) is 14.0 Å². The molecule has 0 fully saturated rings. The van der Waals surface area contributed by atoms with Crippen LogP contribution in [0.3, 0.4) is 0 Å². The van der Waals surface area contributed by atoms with Crippen LogP contribution in [0.2, 0.25) is 0 Å². The zero-order valence-electron chi connectivity index (χ0n) is 18.0. The highest BCUT2D eigenvalue weighted by molar-refractivity contribution is 5.86. The van der Waals surface area contributed by atoms with Crippen molar-refractivity contribution in [1.82, 2.24) is 19.2 Å². The number of ether oxygens (including phenoxy) is 1. The van der Waals surface area contributed by atoms with Crippen molar-refractivity contribution in [3.8, 4) is 5.69 Å². The van der Waals surface area contributed by atoms with Gasteiger partial charge in [-0.15, -0.1) is 0 Å². The summed E-state index contributed by atoms with van der Waals surface area (Å²) in [6, 6.07) is 10.1. The molecule has 1 aromatic carbocycles. The monoisotopic (exact) mass is 470 g/mol. The van der Waals surface area contributed by atoms with Gasteiger partial charge in [0, 0.05) is 24.0 Å². The van der Waals surface area contributed by atoms with Crippen molar-refractivity contribution < 1.29 is 22.7 Å². The summed E-state index contributed by atoms with van der Waals surface area (Å²) >= 11 is 0. The number of carbonyl (C=O) groups excluding carboxylic acids is 1. The van der Waals surface area contributed by atoms with E-state index in [1.807, 2.05) is 0 Å². The summed E-state index contributed by atoms with van der Waals surface area (Å²) in [5.74, 6) is -1.10. The summed E-state index contributed by atoms with van der Waals surface area (Å²) in [5.41, 5.74) is -1.12. The van der Waals surface area contributed by atoms with Gasteiger partial charge in [-0.25, -0.2) is 14.5 Å². The van der Waals surface area contributed by atoms with Crippen molar-refractivity contribution in [2.75, 3.05) is 0 Å². The zero-order chi connectivity index (χ0) is 24.6. The number of aryl methyl sites for hydroxylation is 2. The standard InChI is InChI=1S/C23H17F3N4O4/c1-13-5-4-8-29-19(32)11-16(27-21(13)29)12-34-22(33)20-18(31)9-14(2)30(28-20)17-7-3-6-15(10-17)23(24,25)26/h3-11H,12H2,1-2H3. The molecule has 3 heterocycles. The second-order valence-electron chi connectivity index (χ2n) is 7.51. The van der Waals surface area contributed by atoms with Crippen LogP contribution in [0.15, 0.2) is 64.3 Å². The molecular formula is C23H17F3N4O4. The summed E-state index contributed by atoms with van der Waals surface area (Å²) in [6.07, 6.45) is -3.02. The number of benzene rings is 1. The number of alkyl halides is 3. The van der Waals surface area contributed by atoms with Gasteiger partial charge in [0.15, 0.2) is 0 Å². The summed E-state index contributed by atoms with van der Waals surface area (Å²) in [4.78, 5) is 41.5. The van der Waals surface area contributed by atoms with E-state index >= 15 is 0 Å². The number of rotatable bonds is 4. The minimum absolute atomic E-state index is 0.0149. The molecule has 34 heavy (non-hydrogen) atoms. The number of esters is 1. The molecule has 0 aliphatic carbocycles. The maximum atomic E-state index is 13.1. The van der Waals surface area contributed by atoms with Crippen LogP contribution in [0.5, 0.6) is 0 Å². The van der Waals surface area contributed by atoms with Crippen LogP contribution in [0, 0.1) is 13.8 Å². The number of nitrogens with zero attached hydrogens (tertiary/aromatic N) is 4. The highest BCUT2D eigenvalue weighted by Gasteiger charge is 2.30. The molecule has 4 aromatic rings. The van der Waals surface area contributed by atoms with E-state index in [2.05, 4.69) is 10.1 Å². The number of hydrogen-bond acceptors (Lipinski definition) is 6. The van der Waals surface area contributed by atoms with Gasteiger partial charge in [0.2, 0.25) is 11.1 Å². The number of fused-ring (bicyclic) bond motifs is 1. The molecule has 0 saturated carbocycles. The topological polar surface area (TPSA) is 95.6 Å². The lowest BCUT2D eigenvalue weighted by atomic mass is 10.2. The average Bonchev–Trinajstić information content (AvgIpc) is 2.78. The smallest absolute Gasteiger partial charge is 0.416 e. The minimum Gasteiger partial charge on any atom is -0.454 e. The zero-order valence-corrected chi connectivity index (χ0v) is 18.0. The van der Waals surface area contributed by atoms with Crippen LogP contribution < -0.4 is 11.0 Å². The molecule has 0 N–H and O–H groups in total. The van der Waals surface area contributed by atoms with Crippen molar-refractivity contribution in [3.63, 3.8) is 0 Å². The Hall–Kier alpha value is -4.28. The number of hydrogen-bond donors (Lipinski definition) is 0. The van der Waals surface area contributed by atoms with E-state index in [9.17, 15) is 27.6 Å². The highest BCUT2D eigenvalue weighted by atomic mass is 19.4. The fourth-order valence-electron chi connectivity index (χ4n) is 3.35. The quantitative estimate of drug-likeness (QED) is 0.425. The van der Waals surface area contributed by atoms with Crippen LogP contribution in [0.4, 0.5) is 13.2 Å². The average molecular weight is 470 g/mol. The minimum atomic E-state index is -4.57. The first-order valence-corrected chi connectivity index (χ1v) is 9.98. The van der Waals surface area contributed by atoms with E-state index in [1.165, 1.54) is 29.5 Å². The molecule has 174 valence electrons. The van der Waals surface area contributed by atoms with Crippen molar-refractivity contribution in [3.05, 3.63) is 104 Å². The molecule has 0 spiro atoms. The molecule has 0 unspecified atom stereocenters. The molecule has 4 rings (SSSR count). The third kappa shape index (κ3) is 4.45. The predicted molar refractivity (Wildman–Crippen MR) is 115 cm³/mol. The van der Waals surface area contributed by atoms with E-state index < -0.39 is 35.4 Å². The molecule has 0 amide bonds. The molecule has 0 aliphatic heterocycles. The Balaban J connectivity index is 1.64.